The number of halogens is 6. The van der Waals surface area contributed by atoms with Crippen molar-refractivity contribution in [3.63, 3.8) is 0 Å². The lowest BCUT2D eigenvalue weighted by molar-refractivity contribution is -0.193. The molecule has 1 aliphatic heterocycles. The number of alkyl halides is 6. The van der Waals surface area contributed by atoms with Crippen molar-refractivity contribution in [1.82, 2.24) is 25.6 Å². The van der Waals surface area contributed by atoms with Gasteiger partial charge in [-0.15, -0.1) is 0 Å². The molecular weight excluding hydrogens is 562 g/mol. The number of rotatable bonds is 5. The summed E-state index contributed by atoms with van der Waals surface area (Å²) in [6.07, 6.45) is -9.16. The first-order valence-electron chi connectivity index (χ1n) is 12.2. The third-order valence-corrected chi connectivity index (χ3v) is 6.58. The standard InChI is InChI=1S/C25H24F6N6O4/c1-12-5-4-6-16-17(12)35-19(34-16)14-9-32-10-15(20(38)33-13(2)24(26,27)28)18(14)37-8-7-23(3,11-37)36-22(40)41-21(39)25(29,30)31/h4-6,9-10,13H,7-8,11H2,1-3H3,(H,33,38)(H,34,35)(H,36,40)/t13-,23-/m0/s1. The number of nitrogens with zero attached hydrogens (tertiary/aromatic N) is 3. The van der Waals surface area contributed by atoms with E-state index in [1.54, 1.807) is 17.0 Å². The number of benzene rings is 1. The quantitative estimate of drug-likeness (QED) is 0.230. The van der Waals surface area contributed by atoms with Gasteiger partial charge in [0, 0.05) is 25.5 Å². The minimum absolute atomic E-state index is 0.107. The average Bonchev–Trinajstić information content (AvgIpc) is 3.46. The van der Waals surface area contributed by atoms with E-state index in [1.807, 2.05) is 18.3 Å². The van der Waals surface area contributed by atoms with Gasteiger partial charge in [0.25, 0.3) is 5.91 Å². The Morgan fingerprint density at radius 1 is 1.15 bits per heavy atom. The molecule has 3 aromatic rings. The molecule has 2 amide bonds. The van der Waals surface area contributed by atoms with Crippen LogP contribution in [-0.2, 0) is 9.53 Å². The molecule has 16 heteroatoms. The molecule has 0 unspecified atom stereocenters. The van der Waals surface area contributed by atoms with Crippen LogP contribution in [0.25, 0.3) is 22.4 Å². The highest BCUT2D eigenvalue weighted by Crippen LogP contribution is 2.37. The summed E-state index contributed by atoms with van der Waals surface area (Å²) >= 11 is 0. The molecule has 1 aromatic carbocycles. The maximum Gasteiger partial charge on any atom is 0.491 e. The van der Waals surface area contributed by atoms with Crippen LogP contribution < -0.4 is 15.5 Å². The first-order valence-corrected chi connectivity index (χ1v) is 12.2. The molecule has 4 rings (SSSR count). The molecular formula is C25H24F6N6O4. The predicted octanol–water partition coefficient (Wildman–Crippen LogP) is 4.40. The Hall–Kier alpha value is -4.37. The number of para-hydroxylation sites is 1. The molecule has 1 fully saturated rings. The van der Waals surface area contributed by atoms with E-state index in [0.717, 1.165) is 18.7 Å². The zero-order valence-corrected chi connectivity index (χ0v) is 21.8. The number of imidazole rings is 1. The van der Waals surface area contributed by atoms with E-state index in [2.05, 4.69) is 25.0 Å². The topological polar surface area (TPSA) is 129 Å². The number of hydrogen-bond donors (Lipinski definition) is 3. The van der Waals surface area contributed by atoms with E-state index < -0.39 is 41.9 Å². The summed E-state index contributed by atoms with van der Waals surface area (Å²) in [5, 5.41) is 4.14. The van der Waals surface area contributed by atoms with Crippen molar-refractivity contribution in [3.05, 3.63) is 41.7 Å². The number of ether oxygens (including phenoxy) is 1. The van der Waals surface area contributed by atoms with Crippen molar-refractivity contribution >= 4 is 34.7 Å². The number of nitrogens with one attached hydrogen (secondary N) is 3. The Morgan fingerprint density at radius 2 is 1.85 bits per heavy atom. The van der Waals surface area contributed by atoms with Crippen LogP contribution in [0.3, 0.4) is 0 Å². The highest BCUT2D eigenvalue weighted by molar-refractivity contribution is 6.03. The normalized spacial score (nSPS) is 18.3. The van der Waals surface area contributed by atoms with Gasteiger partial charge < -0.3 is 25.3 Å². The smallest absolute Gasteiger partial charge is 0.369 e. The number of alkyl carbamates (subject to hydrolysis) is 1. The van der Waals surface area contributed by atoms with Gasteiger partial charge in [-0.2, -0.15) is 26.3 Å². The summed E-state index contributed by atoms with van der Waals surface area (Å²) in [6.45, 7) is 4.07. The van der Waals surface area contributed by atoms with E-state index in [1.165, 1.54) is 13.1 Å². The fraction of sp³-hybridized carbons (Fsp3) is 0.400. The van der Waals surface area contributed by atoms with E-state index in [4.69, 9.17) is 0 Å². The van der Waals surface area contributed by atoms with Crippen LogP contribution in [0.5, 0.6) is 0 Å². The van der Waals surface area contributed by atoms with Crippen molar-refractivity contribution in [1.29, 1.82) is 0 Å². The number of carbonyl (C=O) groups excluding carboxylic acids is 3. The summed E-state index contributed by atoms with van der Waals surface area (Å²) in [7, 11) is 0. The fourth-order valence-electron chi connectivity index (χ4n) is 4.46. The number of pyridine rings is 1. The average molecular weight is 586 g/mol. The molecule has 0 radical (unpaired) electrons. The molecule has 2 atom stereocenters. The van der Waals surface area contributed by atoms with Crippen molar-refractivity contribution in [2.24, 2.45) is 0 Å². The van der Waals surface area contributed by atoms with Gasteiger partial charge in [0.2, 0.25) is 0 Å². The number of aromatic nitrogens is 3. The van der Waals surface area contributed by atoms with Crippen LogP contribution in [0.2, 0.25) is 0 Å². The highest BCUT2D eigenvalue weighted by atomic mass is 19.4. The SMILES string of the molecule is Cc1cccc2[nH]c(-c3cncc(C(=O)N[C@@H](C)C(F)(F)F)c3N3CC[C@](C)(NC(=O)OC(=O)C(F)(F)F)C3)nc12. The van der Waals surface area contributed by atoms with Gasteiger partial charge in [-0.3, -0.25) is 9.78 Å². The number of esters is 1. The van der Waals surface area contributed by atoms with E-state index in [9.17, 15) is 40.7 Å². The fourth-order valence-corrected chi connectivity index (χ4v) is 4.46. The summed E-state index contributed by atoms with van der Waals surface area (Å²) in [4.78, 5) is 49.5. The largest absolute Gasteiger partial charge is 0.491 e. The number of hydrogen-bond acceptors (Lipinski definition) is 7. The van der Waals surface area contributed by atoms with Gasteiger partial charge in [0.1, 0.15) is 11.9 Å². The molecule has 1 saturated heterocycles. The van der Waals surface area contributed by atoms with Crippen LogP contribution in [-0.4, -0.2) is 69.9 Å². The Labute approximate surface area is 228 Å². The number of anilines is 1. The second-order valence-corrected chi connectivity index (χ2v) is 9.91. The zero-order chi connectivity index (χ0) is 30.3. The van der Waals surface area contributed by atoms with Crippen molar-refractivity contribution < 1.29 is 45.5 Å². The number of fused-ring (bicyclic) bond motifs is 1. The number of amides is 2. The van der Waals surface area contributed by atoms with Gasteiger partial charge in [0.05, 0.1) is 33.4 Å². The molecule has 10 nitrogen and oxygen atoms in total. The van der Waals surface area contributed by atoms with Gasteiger partial charge >= 0.3 is 24.4 Å². The Balaban J connectivity index is 1.72. The number of aromatic amines is 1. The lowest BCUT2D eigenvalue weighted by Gasteiger charge is -2.28. The third-order valence-electron chi connectivity index (χ3n) is 6.58. The van der Waals surface area contributed by atoms with Crippen LogP contribution in [0.4, 0.5) is 36.8 Å². The molecule has 0 aliphatic carbocycles. The minimum Gasteiger partial charge on any atom is -0.369 e. The summed E-state index contributed by atoms with van der Waals surface area (Å²) in [6, 6.07) is 3.20. The lowest BCUT2D eigenvalue weighted by atomic mass is 10.0. The molecule has 0 bridgehead atoms. The lowest BCUT2D eigenvalue weighted by Crippen LogP contribution is -2.49. The summed E-state index contributed by atoms with van der Waals surface area (Å²) < 4.78 is 81.0. The number of carbonyl (C=O) groups is 3. The Morgan fingerprint density at radius 3 is 2.49 bits per heavy atom. The van der Waals surface area contributed by atoms with Crippen LogP contribution in [0.1, 0.15) is 36.2 Å². The van der Waals surface area contributed by atoms with Gasteiger partial charge in [0.15, 0.2) is 0 Å². The van der Waals surface area contributed by atoms with E-state index >= 15 is 0 Å². The summed E-state index contributed by atoms with van der Waals surface area (Å²) in [5.41, 5.74) is 1.00. The molecule has 1 aliphatic rings. The zero-order valence-electron chi connectivity index (χ0n) is 21.8. The molecule has 41 heavy (non-hydrogen) atoms. The number of H-pyrrole nitrogens is 1. The molecule has 2 aromatic heterocycles. The maximum absolute atomic E-state index is 13.2. The van der Waals surface area contributed by atoms with E-state index in [0.29, 0.717) is 11.0 Å². The highest BCUT2D eigenvalue weighted by Gasteiger charge is 2.44. The second kappa shape index (κ2) is 10.6. The molecule has 220 valence electrons. The number of aryl methyl sites for hydroxylation is 1. The Bertz CT molecular complexity index is 1500. The van der Waals surface area contributed by atoms with Crippen LogP contribution in [0.15, 0.2) is 30.6 Å². The summed E-state index contributed by atoms with van der Waals surface area (Å²) in [5.74, 6) is -3.52. The molecule has 3 N–H and O–H groups in total. The van der Waals surface area contributed by atoms with Crippen LogP contribution >= 0.6 is 0 Å². The molecule has 3 heterocycles. The molecule has 0 spiro atoms. The van der Waals surface area contributed by atoms with Crippen molar-refractivity contribution in [2.75, 3.05) is 18.0 Å². The van der Waals surface area contributed by atoms with Crippen molar-refractivity contribution in [2.45, 2.75) is 51.1 Å². The minimum atomic E-state index is -5.38. The second-order valence-electron chi connectivity index (χ2n) is 9.91. The van der Waals surface area contributed by atoms with Gasteiger partial charge in [-0.05, 0) is 38.8 Å². The Kier molecular flexibility index (Phi) is 7.62. The molecule has 0 saturated carbocycles. The first kappa shape index (κ1) is 29.6. The van der Waals surface area contributed by atoms with Gasteiger partial charge in [-0.1, -0.05) is 12.1 Å². The van der Waals surface area contributed by atoms with Crippen molar-refractivity contribution in [3.8, 4) is 11.4 Å². The first-order chi connectivity index (χ1) is 19.0. The van der Waals surface area contributed by atoms with Crippen LogP contribution in [0, 0.1) is 6.92 Å². The van der Waals surface area contributed by atoms with E-state index in [-0.39, 0.29) is 42.1 Å². The monoisotopic (exact) mass is 586 g/mol. The third kappa shape index (κ3) is 6.36. The van der Waals surface area contributed by atoms with Gasteiger partial charge in [-0.25, -0.2) is 14.6 Å². The maximum atomic E-state index is 13.2. The predicted molar refractivity (Wildman–Crippen MR) is 133 cm³/mol.